The van der Waals surface area contributed by atoms with Gasteiger partial charge in [-0.25, -0.2) is 13.1 Å². The van der Waals surface area contributed by atoms with Crippen LogP contribution < -0.4 is 4.74 Å². The topological polar surface area (TPSA) is 103 Å². The lowest BCUT2D eigenvalue weighted by Gasteiger charge is -2.33. The molecule has 1 fully saturated rings. The Bertz CT molecular complexity index is 1270. The molecule has 1 aliphatic rings. The van der Waals surface area contributed by atoms with Gasteiger partial charge < -0.3 is 9.64 Å². The Morgan fingerprint density at radius 1 is 1.09 bits per heavy atom. The van der Waals surface area contributed by atoms with E-state index in [2.05, 4.69) is 10.2 Å². The molecule has 3 aromatic rings. The fraction of sp³-hybridized carbons (Fsp3) is 0.409. The van der Waals surface area contributed by atoms with E-state index < -0.39 is 10.0 Å². The second kappa shape index (κ2) is 8.99. The van der Waals surface area contributed by atoms with Crippen LogP contribution in [0.25, 0.3) is 0 Å². The zero-order valence-corrected chi connectivity index (χ0v) is 20.0. The van der Waals surface area contributed by atoms with Crippen LogP contribution in [-0.2, 0) is 23.8 Å². The maximum Gasteiger partial charge on any atom is 0.274 e. The molecule has 4 rings (SSSR count). The number of piperazine rings is 1. The minimum atomic E-state index is -3.65. The summed E-state index contributed by atoms with van der Waals surface area (Å²) < 4.78 is 36.2. The standard InChI is InChI=1S/C22H28N6O4S/c1-16-5-6-17(2)20(13-16)32-15-27-8-7-19(24-27)22(29)26-9-11-28(12-10-26)33(30,31)21-14-23-25(4)18(21)3/h5-8,13-14H,9-12,15H2,1-4H3. The van der Waals surface area contributed by atoms with Gasteiger partial charge in [0, 0.05) is 39.4 Å². The third-order valence-corrected chi connectivity index (χ3v) is 7.89. The monoisotopic (exact) mass is 472 g/mol. The van der Waals surface area contributed by atoms with E-state index in [1.54, 1.807) is 35.8 Å². The number of sulfonamides is 1. The van der Waals surface area contributed by atoms with Gasteiger partial charge in [-0.1, -0.05) is 12.1 Å². The first-order valence-corrected chi connectivity index (χ1v) is 12.1. The van der Waals surface area contributed by atoms with Gasteiger partial charge in [0.15, 0.2) is 12.4 Å². The Morgan fingerprint density at radius 2 is 1.82 bits per heavy atom. The second-order valence-electron chi connectivity index (χ2n) is 8.20. The van der Waals surface area contributed by atoms with Crippen molar-refractivity contribution in [3.63, 3.8) is 0 Å². The molecule has 1 aliphatic heterocycles. The summed E-state index contributed by atoms with van der Waals surface area (Å²) in [5.74, 6) is 0.551. The van der Waals surface area contributed by atoms with Crippen molar-refractivity contribution in [2.75, 3.05) is 26.2 Å². The largest absolute Gasteiger partial charge is 0.471 e. The molecule has 10 nitrogen and oxygen atoms in total. The van der Waals surface area contributed by atoms with Crippen molar-refractivity contribution >= 4 is 15.9 Å². The lowest BCUT2D eigenvalue weighted by molar-refractivity contribution is 0.0690. The molecule has 1 aromatic carbocycles. The van der Waals surface area contributed by atoms with Gasteiger partial charge >= 0.3 is 0 Å². The highest BCUT2D eigenvalue weighted by molar-refractivity contribution is 7.89. The van der Waals surface area contributed by atoms with Gasteiger partial charge in [0.25, 0.3) is 5.91 Å². The summed E-state index contributed by atoms with van der Waals surface area (Å²) in [6, 6.07) is 7.64. The van der Waals surface area contributed by atoms with Crippen LogP contribution in [0.3, 0.4) is 0 Å². The molecule has 0 saturated carbocycles. The molecule has 176 valence electrons. The van der Waals surface area contributed by atoms with Gasteiger partial charge in [-0.3, -0.25) is 9.48 Å². The van der Waals surface area contributed by atoms with E-state index in [9.17, 15) is 13.2 Å². The van der Waals surface area contributed by atoms with Crippen LogP contribution in [0, 0.1) is 20.8 Å². The van der Waals surface area contributed by atoms with E-state index in [-0.39, 0.29) is 30.6 Å². The van der Waals surface area contributed by atoms with Crippen LogP contribution in [0.5, 0.6) is 5.75 Å². The maximum atomic E-state index is 12.9. The number of rotatable bonds is 6. The van der Waals surface area contributed by atoms with Gasteiger partial charge in [0.05, 0.1) is 11.9 Å². The van der Waals surface area contributed by atoms with Crippen LogP contribution in [0.2, 0.25) is 0 Å². The van der Waals surface area contributed by atoms with Crippen LogP contribution in [0.1, 0.15) is 27.3 Å². The number of aryl methyl sites for hydroxylation is 3. The number of aromatic nitrogens is 4. The molecule has 11 heteroatoms. The Balaban J connectivity index is 1.36. The third-order valence-electron chi connectivity index (χ3n) is 5.89. The lowest BCUT2D eigenvalue weighted by atomic mass is 10.1. The van der Waals surface area contributed by atoms with Crippen molar-refractivity contribution in [1.29, 1.82) is 0 Å². The van der Waals surface area contributed by atoms with E-state index in [1.807, 2.05) is 32.0 Å². The number of hydrogen-bond donors (Lipinski definition) is 0. The Kier molecular flexibility index (Phi) is 6.26. The first-order valence-electron chi connectivity index (χ1n) is 10.7. The van der Waals surface area contributed by atoms with Crippen molar-refractivity contribution in [2.45, 2.75) is 32.4 Å². The van der Waals surface area contributed by atoms with Gasteiger partial charge in [-0.2, -0.15) is 14.5 Å². The first-order chi connectivity index (χ1) is 15.7. The average molecular weight is 473 g/mol. The number of nitrogens with zero attached hydrogens (tertiary/aromatic N) is 6. The van der Waals surface area contributed by atoms with Crippen molar-refractivity contribution in [2.24, 2.45) is 7.05 Å². The van der Waals surface area contributed by atoms with E-state index in [0.717, 1.165) is 16.9 Å². The minimum absolute atomic E-state index is 0.189. The molecule has 0 radical (unpaired) electrons. The SMILES string of the molecule is Cc1ccc(C)c(OCn2ccc(C(=O)N3CCN(S(=O)(=O)c4cnn(C)c4C)CC3)n2)c1. The predicted molar refractivity (Wildman–Crippen MR) is 121 cm³/mol. The molecule has 1 amide bonds. The normalized spacial score (nSPS) is 15.1. The van der Waals surface area contributed by atoms with Crippen LogP contribution in [0.15, 0.2) is 41.6 Å². The molecular weight excluding hydrogens is 444 g/mol. The quantitative estimate of drug-likeness (QED) is 0.541. The summed E-state index contributed by atoms with van der Waals surface area (Å²) in [5, 5.41) is 8.37. The fourth-order valence-corrected chi connectivity index (χ4v) is 5.32. The number of carbonyl (C=O) groups is 1. The summed E-state index contributed by atoms with van der Waals surface area (Å²) in [6.45, 7) is 6.92. The number of ether oxygens (including phenoxy) is 1. The van der Waals surface area contributed by atoms with Gasteiger partial charge in [0.1, 0.15) is 10.6 Å². The number of benzene rings is 1. The fourth-order valence-electron chi connectivity index (χ4n) is 3.71. The summed E-state index contributed by atoms with van der Waals surface area (Å²) in [5.41, 5.74) is 3.02. The average Bonchev–Trinajstić information content (AvgIpc) is 3.41. The molecule has 0 unspecified atom stereocenters. The molecule has 0 N–H and O–H groups in total. The molecule has 2 aromatic heterocycles. The molecule has 0 bridgehead atoms. The number of hydrogen-bond acceptors (Lipinski definition) is 6. The first kappa shape index (κ1) is 23.0. The summed E-state index contributed by atoms with van der Waals surface area (Å²) in [6.07, 6.45) is 3.07. The van der Waals surface area contributed by atoms with E-state index in [4.69, 9.17) is 4.74 Å². The maximum absolute atomic E-state index is 12.9. The van der Waals surface area contributed by atoms with E-state index in [1.165, 1.54) is 15.2 Å². The lowest BCUT2D eigenvalue weighted by Crippen LogP contribution is -2.50. The second-order valence-corrected chi connectivity index (χ2v) is 10.1. The van der Waals surface area contributed by atoms with E-state index in [0.29, 0.717) is 24.5 Å². The molecule has 0 atom stereocenters. The third kappa shape index (κ3) is 4.64. The summed E-state index contributed by atoms with van der Waals surface area (Å²) in [4.78, 5) is 14.7. The highest BCUT2D eigenvalue weighted by Gasteiger charge is 2.33. The minimum Gasteiger partial charge on any atom is -0.471 e. The molecule has 3 heterocycles. The highest BCUT2D eigenvalue weighted by Crippen LogP contribution is 2.21. The van der Waals surface area contributed by atoms with Crippen molar-refractivity contribution in [3.8, 4) is 5.75 Å². The van der Waals surface area contributed by atoms with Gasteiger partial charge in [-0.15, -0.1) is 0 Å². The van der Waals surface area contributed by atoms with Crippen LogP contribution >= 0.6 is 0 Å². The Morgan fingerprint density at radius 3 is 2.48 bits per heavy atom. The van der Waals surface area contributed by atoms with Crippen molar-refractivity contribution < 1.29 is 17.9 Å². The summed E-state index contributed by atoms with van der Waals surface area (Å²) >= 11 is 0. The van der Waals surface area contributed by atoms with Gasteiger partial charge in [-0.05, 0) is 44.0 Å². The molecule has 0 aliphatic carbocycles. The Labute approximate surface area is 193 Å². The van der Waals surface area contributed by atoms with Gasteiger partial charge in [0.2, 0.25) is 10.0 Å². The zero-order chi connectivity index (χ0) is 23.8. The molecule has 1 saturated heterocycles. The number of amides is 1. The molecule has 0 spiro atoms. The van der Waals surface area contributed by atoms with Crippen molar-refractivity contribution in [3.05, 3.63) is 59.2 Å². The Hall–Kier alpha value is -3.18. The zero-order valence-electron chi connectivity index (χ0n) is 19.2. The van der Waals surface area contributed by atoms with Crippen LogP contribution in [0.4, 0.5) is 0 Å². The molecular formula is C22H28N6O4S. The molecule has 33 heavy (non-hydrogen) atoms. The highest BCUT2D eigenvalue weighted by atomic mass is 32.2. The van der Waals surface area contributed by atoms with Crippen molar-refractivity contribution in [1.82, 2.24) is 28.8 Å². The smallest absolute Gasteiger partial charge is 0.274 e. The summed E-state index contributed by atoms with van der Waals surface area (Å²) in [7, 11) is -1.94. The number of carbonyl (C=O) groups excluding carboxylic acids is 1. The van der Waals surface area contributed by atoms with Crippen LogP contribution in [-0.4, -0.2) is 69.3 Å². The predicted octanol–water partition coefficient (Wildman–Crippen LogP) is 1.73. The van der Waals surface area contributed by atoms with E-state index >= 15 is 0 Å².